The summed E-state index contributed by atoms with van der Waals surface area (Å²) >= 11 is 8.61. The van der Waals surface area contributed by atoms with Crippen LogP contribution < -0.4 is 16.0 Å². The molecule has 2 amide bonds. The van der Waals surface area contributed by atoms with Crippen LogP contribution in [0.3, 0.4) is 0 Å². The highest BCUT2D eigenvalue weighted by atomic mass is 79.9. The number of hydrogen-bond acceptors (Lipinski definition) is 3. The van der Waals surface area contributed by atoms with Crippen molar-refractivity contribution in [2.75, 3.05) is 10.6 Å². The molecule has 0 spiro atoms. The topological polar surface area (TPSA) is 70.2 Å². The summed E-state index contributed by atoms with van der Waals surface area (Å²) in [6.45, 7) is 6.37. The second-order valence-electron chi connectivity index (χ2n) is 8.27. The number of benzene rings is 3. The van der Waals surface area contributed by atoms with E-state index in [4.69, 9.17) is 12.2 Å². The van der Waals surface area contributed by atoms with E-state index >= 15 is 0 Å². The Bertz CT molecular complexity index is 1120. The maximum atomic E-state index is 12.4. The van der Waals surface area contributed by atoms with E-state index in [1.807, 2.05) is 24.3 Å². The Morgan fingerprint density at radius 1 is 0.719 bits per heavy atom. The van der Waals surface area contributed by atoms with Crippen LogP contribution in [0, 0.1) is 0 Å². The lowest BCUT2D eigenvalue weighted by atomic mass is 9.87. The largest absolute Gasteiger partial charge is 0.332 e. The molecule has 0 fully saturated rings. The maximum Gasteiger partial charge on any atom is 0.257 e. The van der Waals surface area contributed by atoms with Crippen molar-refractivity contribution in [3.05, 3.63) is 94.0 Å². The summed E-state index contributed by atoms with van der Waals surface area (Å²) in [5, 5.41) is 8.70. The van der Waals surface area contributed by atoms with Gasteiger partial charge < -0.3 is 10.6 Å². The number of halogens is 1. The van der Waals surface area contributed by atoms with Gasteiger partial charge >= 0.3 is 0 Å². The third-order valence-electron chi connectivity index (χ3n) is 4.75. The lowest BCUT2D eigenvalue weighted by Gasteiger charge is -2.19. The van der Waals surface area contributed by atoms with Gasteiger partial charge in [-0.1, -0.05) is 48.8 Å². The molecule has 164 valence electrons. The molecule has 0 saturated carbocycles. The van der Waals surface area contributed by atoms with E-state index in [1.165, 1.54) is 0 Å². The fourth-order valence-electron chi connectivity index (χ4n) is 2.90. The number of carbonyl (C=O) groups is 2. The Labute approximate surface area is 201 Å². The standard InChI is InChI=1S/C25H24BrN3O2S/c1-25(2,3)18-8-4-16(5-9-18)23(31)29-24(32)28-21-14-12-20(13-15-21)27-22(30)17-6-10-19(26)11-7-17/h4-15H,1-3H3,(H,27,30)(H2,28,29,31,32). The summed E-state index contributed by atoms with van der Waals surface area (Å²) in [6.07, 6.45) is 0. The van der Waals surface area contributed by atoms with Gasteiger partial charge in [0.1, 0.15) is 0 Å². The van der Waals surface area contributed by atoms with Crippen molar-refractivity contribution in [3.63, 3.8) is 0 Å². The molecule has 0 radical (unpaired) electrons. The van der Waals surface area contributed by atoms with Crippen molar-refractivity contribution >= 4 is 56.4 Å². The lowest BCUT2D eigenvalue weighted by molar-refractivity contribution is 0.0976. The zero-order chi connectivity index (χ0) is 23.3. The Kier molecular flexibility index (Phi) is 7.43. The van der Waals surface area contributed by atoms with Crippen LogP contribution in [0.15, 0.2) is 77.3 Å². The first kappa shape index (κ1) is 23.6. The van der Waals surface area contributed by atoms with Gasteiger partial charge in [0, 0.05) is 27.0 Å². The van der Waals surface area contributed by atoms with E-state index in [0.29, 0.717) is 22.5 Å². The molecule has 32 heavy (non-hydrogen) atoms. The van der Waals surface area contributed by atoms with E-state index in [-0.39, 0.29) is 22.3 Å². The molecule has 0 aromatic heterocycles. The number of amides is 2. The van der Waals surface area contributed by atoms with Crippen LogP contribution in [0.4, 0.5) is 11.4 Å². The summed E-state index contributed by atoms with van der Waals surface area (Å²) in [5.74, 6) is -0.472. The molecule has 0 saturated heterocycles. The molecular weight excluding hydrogens is 486 g/mol. The molecule has 3 N–H and O–H groups in total. The fraction of sp³-hybridized carbons (Fsp3) is 0.160. The molecule has 0 aliphatic rings. The predicted molar refractivity (Wildman–Crippen MR) is 137 cm³/mol. The second-order valence-corrected chi connectivity index (χ2v) is 9.60. The Morgan fingerprint density at radius 3 is 1.72 bits per heavy atom. The molecule has 3 aromatic carbocycles. The quantitative estimate of drug-likeness (QED) is 0.370. The minimum atomic E-state index is -0.277. The molecule has 0 unspecified atom stereocenters. The maximum absolute atomic E-state index is 12.4. The first-order chi connectivity index (χ1) is 15.1. The van der Waals surface area contributed by atoms with Crippen molar-refractivity contribution in [1.82, 2.24) is 5.32 Å². The lowest BCUT2D eigenvalue weighted by Crippen LogP contribution is -2.34. The predicted octanol–water partition coefficient (Wildman–Crippen LogP) is 6.13. The number of hydrogen-bond donors (Lipinski definition) is 3. The molecule has 7 heteroatoms. The summed E-state index contributed by atoms with van der Waals surface area (Å²) in [5.41, 5.74) is 3.62. The molecule has 3 aromatic rings. The van der Waals surface area contributed by atoms with Crippen LogP contribution in [0.1, 0.15) is 47.1 Å². The van der Waals surface area contributed by atoms with Crippen LogP contribution in [0.2, 0.25) is 0 Å². The average Bonchev–Trinajstić information content (AvgIpc) is 2.75. The zero-order valence-corrected chi connectivity index (χ0v) is 20.4. The zero-order valence-electron chi connectivity index (χ0n) is 18.0. The molecule has 0 bridgehead atoms. The first-order valence-corrected chi connectivity index (χ1v) is 11.2. The summed E-state index contributed by atoms with van der Waals surface area (Å²) in [4.78, 5) is 24.8. The molecule has 5 nitrogen and oxygen atoms in total. The third-order valence-corrected chi connectivity index (χ3v) is 5.48. The highest BCUT2D eigenvalue weighted by molar-refractivity contribution is 9.10. The van der Waals surface area contributed by atoms with Crippen molar-refractivity contribution in [2.45, 2.75) is 26.2 Å². The minimum Gasteiger partial charge on any atom is -0.332 e. The van der Waals surface area contributed by atoms with Crippen LogP contribution in [0.5, 0.6) is 0 Å². The van der Waals surface area contributed by atoms with Gasteiger partial charge in [-0.05, 0) is 83.9 Å². The molecule has 0 aliphatic heterocycles. The smallest absolute Gasteiger partial charge is 0.257 e. The monoisotopic (exact) mass is 509 g/mol. The van der Waals surface area contributed by atoms with E-state index in [0.717, 1.165) is 10.0 Å². The fourth-order valence-corrected chi connectivity index (χ4v) is 3.38. The molecule has 3 rings (SSSR count). The average molecular weight is 510 g/mol. The van der Waals surface area contributed by atoms with E-state index in [1.54, 1.807) is 48.5 Å². The minimum absolute atomic E-state index is 0.0236. The van der Waals surface area contributed by atoms with Gasteiger partial charge in [-0.25, -0.2) is 0 Å². The summed E-state index contributed by atoms with van der Waals surface area (Å²) in [6, 6.07) is 21.7. The van der Waals surface area contributed by atoms with Crippen LogP contribution in [0.25, 0.3) is 0 Å². The summed E-state index contributed by atoms with van der Waals surface area (Å²) in [7, 11) is 0. The highest BCUT2D eigenvalue weighted by Gasteiger charge is 2.15. The molecule has 0 aliphatic carbocycles. The van der Waals surface area contributed by atoms with Gasteiger partial charge in [0.2, 0.25) is 0 Å². The first-order valence-electron chi connectivity index (χ1n) is 10.0. The van der Waals surface area contributed by atoms with Gasteiger partial charge in [0.05, 0.1) is 0 Å². The van der Waals surface area contributed by atoms with Crippen molar-refractivity contribution < 1.29 is 9.59 Å². The van der Waals surface area contributed by atoms with E-state index < -0.39 is 0 Å². The van der Waals surface area contributed by atoms with Gasteiger partial charge in [-0.3, -0.25) is 14.9 Å². The van der Waals surface area contributed by atoms with Gasteiger partial charge in [0.15, 0.2) is 5.11 Å². The van der Waals surface area contributed by atoms with Crippen LogP contribution >= 0.6 is 28.1 Å². The number of carbonyl (C=O) groups excluding carboxylic acids is 2. The molecular formula is C25H24BrN3O2S. The van der Waals surface area contributed by atoms with Crippen molar-refractivity contribution in [3.8, 4) is 0 Å². The van der Waals surface area contributed by atoms with Gasteiger partial charge in [0.25, 0.3) is 11.8 Å². The van der Waals surface area contributed by atoms with Gasteiger partial charge in [-0.2, -0.15) is 0 Å². The third kappa shape index (κ3) is 6.48. The molecule has 0 heterocycles. The number of thiocarbonyl (C=S) groups is 1. The van der Waals surface area contributed by atoms with Gasteiger partial charge in [-0.15, -0.1) is 0 Å². The highest BCUT2D eigenvalue weighted by Crippen LogP contribution is 2.22. The van der Waals surface area contributed by atoms with E-state index in [2.05, 4.69) is 52.7 Å². The number of anilines is 2. The number of rotatable bonds is 4. The SMILES string of the molecule is CC(C)(C)c1ccc(C(=O)NC(=S)Nc2ccc(NC(=O)c3ccc(Br)cc3)cc2)cc1. The van der Waals surface area contributed by atoms with Crippen LogP contribution in [-0.2, 0) is 5.41 Å². The summed E-state index contributed by atoms with van der Waals surface area (Å²) < 4.78 is 0.912. The molecule has 0 atom stereocenters. The second kappa shape index (κ2) is 10.1. The Hall–Kier alpha value is -3.03. The Balaban J connectivity index is 1.54. The van der Waals surface area contributed by atoms with Crippen molar-refractivity contribution in [1.29, 1.82) is 0 Å². The number of nitrogens with one attached hydrogen (secondary N) is 3. The normalized spacial score (nSPS) is 10.9. The van der Waals surface area contributed by atoms with E-state index in [9.17, 15) is 9.59 Å². The van der Waals surface area contributed by atoms with Crippen LogP contribution in [-0.4, -0.2) is 16.9 Å². The van der Waals surface area contributed by atoms with Crippen molar-refractivity contribution in [2.24, 2.45) is 0 Å². The Morgan fingerprint density at radius 2 is 1.19 bits per heavy atom.